The van der Waals surface area contributed by atoms with Crippen LogP contribution in [0.2, 0.25) is 5.15 Å². The van der Waals surface area contributed by atoms with E-state index in [1.54, 1.807) is 6.07 Å². The van der Waals surface area contributed by atoms with E-state index in [1.807, 2.05) is 6.92 Å². The van der Waals surface area contributed by atoms with Crippen molar-refractivity contribution >= 4 is 17.4 Å². The molecule has 94 valence electrons. The molecule has 1 aliphatic heterocycles. The van der Waals surface area contributed by atoms with Gasteiger partial charge in [0.25, 0.3) is 0 Å². The first-order chi connectivity index (χ1) is 8.19. The van der Waals surface area contributed by atoms with Gasteiger partial charge in [0.1, 0.15) is 11.0 Å². The highest BCUT2D eigenvalue weighted by Gasteiger charge is 2.18. The maximum absolute atomic E-state index is 5.98. The van der Waals surface area contributed by atoms with Crippen molar-refractivity contribution in [1.29, 1.82) is 0 Å². The Kier molecular flexibility index (Phi) is 4.05. The molecule has 1 saturated heterocycles. The van der Waals surface area contributed by atoms with Crippen molar-refractivity contribution in [2.24, 2.45) is 5.92 Å². The summed E-state index contributed by atoms with van der Waals surface area (Å²) in [6.07, 6.45) is 2.40. The summed E-state index contributed by atoms with van der Waals surface area (Å²) in [6.45, 7) is 6.80. The Balaban J connectivity index is 2.14. The molecule has 0 aliphatic carbocycles. The van der Waals surface area contributed by atoms with E-state index in [0.29, 0.717) is 17.8 Å². The van der Waals surface area contributed by atoms with Crippen LogP contribution in [0, 0.1) is 5.92 Å². The molecule has 2 heterocycles. The molecule has 2 rings (SSSR count). The lowest BCUT2D eigenvalue weighted by molar-refractivity contribution is 0.312. The third-order valence-electron chi connectivity index (χ3n) is 3.04. The van der Waals surface area contributed by atoms with Gasteiger partial charge in [-0.1, -0.05) is 18.5 Å². The van der Waals surface area contributed by atoms with Gasteiger partial charge in [-0.25, -0.2) is 0 Å². The van der Waals surface area contributed by atoms with Crippen LogP contribution in [0.3, 0.4) is 0 Å². The van der Waals surface area contributed by atoms with Crippen molar-refractivity contribution in [1.82, 2.24) is 9.97 Å². The molecule has 0 unspecified atom stereocenters. The second kappa shape index (κ2) is 5.54. The average Bonchev–Trinajstić information content (AvgIpc) is 2.29. The highest BCUT2D eigenvalue weighted by molar-refractivity contribution is 6.29. The third-order valence-corrected chi connectivity index (χ3v) is 3.24. The molecule has 1 aromatic rings. The average molecular weight is 256 g/mol. The number of ether oxygens (including phenoxy) is 1. The van der Waals surface area contributed by atoms with E-state index < -0.39 is 0 Å². The zero-order valence-electron chi connectivity index (χ0n) is 10.3. The molecule has 1 aliphatic rings. The maximum atomic E-state index is 5.98. The van der Waals surface area contributed by atoms with Crippen molar-refractivity contribution in [2.45, 2.75) is 26.7 Å². The maximum Gasteiger partial charge on any atom is 0.319 e. The molecule has 0 atom stereocenters. The van der Waals surface area contributed by atoms with E-state index in [2.05, 4.69) is 21.8 Å². The predicted molar refractivity (Wildman–Crippen MR) is 68.8 cm³/mol. The summed E-state index contributed by atoms with van der Waals surface area (Å²) in [5.74, 6) is 1.68. The van der Waals surface area contributed by atoms with Gasteiger partial charge in [0, 0.05) is 19.2 Å². The minimum absolute atomic E-state index is 0.369. The minimum Gasteiger partial charge on any atom is -0.464 e. The van der Waals surface area contributed by atoms with Crippen LogP contribution in [0.5, 0.6) is 6.01 Å². The first-order valence-corrected chi connectivity index (χ1v) is 6.49. The molecular weight excluding hydrogens is 238 g/mol. The largest absolute Gasteiger partial charge is 0.464 e. The van der Waals surface area contributed by atoms with Crippen LogP contribution in [0.25, 0.3) is 0 Å². The zero-order valence-corrected chi connectivity index (χ0v) is 11.1. The fourth-order valence-corrected chi connectivity index (χ4v) is 2.15. The van der Waals surface area contributed by atoms with Crippen molar-refractivity contribution in [2.75, 3.05) is 24.6 Å². The smallest absolute Gasteiger partial charge is 0.319 e. The minimum atomic E-state index is 0.369. The predicted octanol–water partition coefficient (Wildman–Crippen LogP) is 2.77. The second-order valence-corrected chi connectivity index (χ2v) is 4.82. The SMILES string of the molecule is CCOc1nc(Cl)cc(N2CCC(C)CC2)n1. The van der Waals surface area contributed by atoms with Crippen molar-refractivity contribution in [3.8, 4) is 6.01 Å². The van der Waals surface area contributed by atoms with Gasteiger partial charge in [0.15, 0.2) is 0 Å². The van der Waals surface area contributed by atoms with E-state index >= 15 is 0 Å². The number of anilines is 1. The van der Waals surface area contributed by atoms with Crippen LogP contribution in [0.15, 0.2) is 6.07 Å². The number of hydrogen-bond donors (Lipinski definition) is 0. The number of piperidine rings is 1. The van der Waals surface area contributed by atoms with E-state index in [9.17, 15) is 0 Å². The molecule has 0 spiro atoms. The van der Waals surface area contributed by atoms with Gasteiger partial charge < -0.3 is 9.64 Å². The van der Waals surface area contributed by atoms with Crippen LogP contribution < -0.4 is 9.64 Å². The van der Waals surface area contributed by atoms with Gasteiger partial charge in [-0.2, -0.15) is 9.97 Å². The molecule has 0 bridgehead atoms. The molecular formula is C12H18ClN3O. The molecule has 0 amide bonds. The lowest BCUT2D eigenvalue weighted by atomic mass is 9.99. The van der Waals surface area contributed by atoms with Crippen LogP contribution in [-0.2, 0) is 0 Å². The fraction of sp³-hybridized carbons (Fsp3) is 0.667. The normalized spacial score (nSPS) is 17.2. The lowest BCUT2D eigenvalue weighted by Crippen LogP contribution is -2.33. The van der Waals surface area contributed by atoms with Gasteiger partial charge in [-0.15, -0.1) is 0 Å². The van der Waals surface area contributed by atoms with Gasteiger partial charge in [0.2, 0.25) is 0 Å². The van der Waals surface area contributed by atoms with E-state index in [1.165, 1.54) is 12.8 Å². The summed E-state index contributed by atoms with van der Waals surface area (Å²) in [4.78, 5) is 10.7. The molecule has 1 aromatic heterocycles. The number of hydrogen-bond acceptors (Lipinski definition) is 4. The third kappa shape index (κ3) is 3.22. The van der Waals surface area contributed by atoms with Crippen LogP contribution in [-0.4, -0.2) is 29.7 Å². The molecule has 4 nitrogen and oxygen atoms in total. The van der Waals surface area contributed by atoms with Gasteiger partial charge in [-0.3, -0.25) is 0 Å². The number of rotatable bonds is 3. The van der Waals surface area contributed by atoms with Gasteiger partial charge in [0.05, 0.1) is 6.61 Å². The van der Waals surface area contributed by atoms with Crippen LogP contribution >= 0.6 is 11.6 Å². The zero-order chi connectivity index (χ0) is 12.3. The Hall–Kier alpha value is -1.03. The highest BCUT2D eigenvalue weighted by atomic mass is 35.5. The molecule has 0 saturated carbocycles. The molecule has 5 heteroatoms. The quantitative estimate of drug-likeness (QED) is 0.779. The second-order valence-electron chi connectivity index (χ2n) is 4.43. The molecule has 0 aromatic carbocycles. The Bertz CT molecular complexity index is 378. The van der Waals surface area contributed by atoms with Crippen molar-refractivity contribution in [3.63, 3.8) is 0 Å². The number of halogens is 1. The Morgan fingerprint density at radius 3 is 2.76 bits per heavy atom. The number of aromatic nitrogens is 2. The lowest BCUT2D eigenvalue weighted by Gasteiger charge is -2.31. The van der Waals surface area contributed by atoms with Crippen LogP contribution in [0.1, 0.15) is 26.7 Å². The summed E-state index contributed by atoms with van der Waals surface area (Å²) >= 11 is 5.98. The molecule has 1 fully saturated rings. The van der Waals surface area contributed by atoms with E-state index in [4.69, 9.17) is 16.3 Å². The van der Waals surface area contributed by atoms with Crippen molar-refractivity contribution in [3.05, 3.63) is 11.2 Å². The van der Waals surface area contributed by atoms with E-state index in [-0.39, 0.29) is 0 Å². The summed E-state index contributed by atoms with van der Waals surface area (Å²) in [5.41, 5.74) is 0. The summed E-state index contributed by atoms with van der Waals surface area (Å²) < 4.78 is 5.31. The standard InChI is InChI=1S/C12H18ClN3O/c1-3-17-12-14-10(13)8-11(15-12)16-6-4-9(2)5-7-16/h8-9H,3-7H2,1-2H3. The first-order valence-electron chi connectivity index (χ1n) is 6.11. The molecule has 0 N–H and O–H groups in total. The Labute approximate surface area is 107 Å². The first kappa shape index (κ1) is 12.4. The fourth-order valence-electron chi connectivity index (χ4n) is 1.98. The molecule has 17 heavy (non-hydrogen) atoms. The highest BCUT2D eigenvalue weighted by Crippen LogP contribution is 2.24. The summed E-state index contributed by atoms with van der Waals surface area (Å²) in [5, 5.41) is 0.442. The Morgan fingerprint density at radius 1 is 1.41 bits per heavy atom. The number of nitrogens with zero attached hydrogens (tertiary/aromatic N) is 3. The van der Waals surface area contributed by atoms with Gasteiger partial charge in [-0.05, 0) is 25.7 Å². The summed E-state index contributed by atoms with van der Waals surface area (Å²) in [7, 11) is 0. The van der Waals surface area contributed by atoms with Crippen molar-refractivity contribution < 1.29 is 4.74 Å². The van der Waals surface area contributed by atoms with E-state index in [0.717, 1.165) is 24.8 Å². The van der Waals surface area contributed by atoms with Gasteiger partial charge >= 0.3 is 6.01 Å². The summed E-state index contributed by atoms with van der Waals surface area (Å²) in [6, 6.07) is 2.17. The monoisotopic (exact) mass is 255 g/mol. The topological polar surface area (TPSA) is 38.2 Å². The van der Waals surface area contributed by atoms with Crippen LogP contribution in [0.4, 0.5) is 5.82 Å². The molecule has 0 radical (unpaired) electrons. The Morgan fingerprint density at radius 2 is 2.12 bits per heavy atom.